The Labute approximate surface area is 131 Å². The molecule has 6 heteroatoms. The van der Waals surface area contributed by atoms with E-state index in [1.54, 1.807) is 6.07 Å². The molecule has 0 aliphatic rings. The van der Waals surface area contributed by atoms with E-state index >= 15 is 0 Å². The molecule has 0 spiro atoms. The first-order chi connectivity index (χ1) is 10.5. The second-order valence-corrected chi connectivity index (χ2v) is 6.24. The zero-order valence-corrected chi connectivity index (χ0v) is 12.9. The predicted octanol–water partition coefficient (Wildman–Crippen LogP) is 4.58. The zero-order chi connectivity index (χ0) is 17.4. The van der Waals surface area contributed by atoms with Crippen LogP contribution in [0.5, 0.6) is 5.75 Å². The quantitative estimate of drug-likeness (QED) is 0.823. The highest BCUT2D eigenvalue weighted by Gasteiger charge is 2.32. The number of nitrogens with zero attached hydrogens (tertiary/aromatic N) is 1. The number of aromatic nitrogens is 1. The number of pyridine rings is 1. The van der Waals surface area contributed by atoms with E-state index in [4.69, 9.17) is 0 Å². The van der Waals surface area contributed by atoms with Crippen molar-refractivity contribution in [3.05, 3.63) is 47.2 Å². The number of hydrogen-bond donors (Lipinski definition) is 1. The van der Waals surface area contributed by atoms with Gasteiger partial charge in [-0.3, -0.25) is 4.79 Å². The number of hydrogen-bond acceptors (Lipinski definition) is 3. The summed E-state index contributed by atoms with van der Waals surface area (Å²) < 4.78 is 38.5. The van der Waals surface area contributed by atoms with Gasteiger partial charge < -0.3 is 5.11 Å². The Balaban J connectivity index is 2.70. The molecule has 0 aliphatic carbocycles. The molecule has 0 atom stereocenters. The molecule has 0 fully saturated rings. The summed E-state index contributed by atoms with van der Waals surface area (Å²) in [6, 6.07) is 6.53. The van der Waals surface area contributed by atoms with Crippen molar-refractivity contribution >= 4 is 6.29 Å². The van der Waals surface area contributed by atoms with Crippen molar-refractivity contribution in [2.24, 2.45) is 0 Å². The van der Waals surface area contributed by atoms with Gasteiger partial charge in [-0.15, -0.1) is 0 Å². The van der Waals surface area contributed by atoms with Crippen molar-refractivity contribution in [1.29, 1.82) is 0 Å². The lowest BCUT2D eigenvalue weighted by Gasteiger charge is -2.21. The Morgan fingerprint density at radius 1 is 1.13 bits per heavy atom. The molecule has 23 heavy (non-hydrogen) atoms. The first-order valence-electron chi connectivity index (χ1n) is 6.91. The monoisotopic (exact) mass is 323 g/mol. The van der Waals surface area contributed by atoms with E-state index < -0.39 is 11.9 Å². The van der Waals surface area contributed by atoms with Gasteiger partial charge in [-0.05, 0) is 35.2 Å². The van der Waals surface area contributed by atoms with Crippen LogP contribution in [0.4, 0.5) is 13.2 Å². The van der Waals surface area contributed by atoms with Crippen molar-refractivity contribution in [3.63, 3.8) is 0 Å². The van der Waals surface area contributed by atoms with Crippen LogP contribution in [0, 0.1) is 0 Å². The minimum Gasteiger partial charge on any atom is -0.506 e. The van der Waals surface area contributed by atoms with Crippen molar-refractivity contribution in [2.75, 3.05) is 0 Å². The third kappa shape index (κ3) is 3.52. The van der Waals surface area contributed by atoms with E-state index in [2.05, 4.69) is 4.98 Å². The smallest absolute Gasteiger partial charge is 0.433 e. The van der Waals surface area contributed by atoms with Crippen LogP contribution in [0.25, 0.3) is 11.3 Å². The molecule has 122 valence electrons. The van der Waals surface area contributed by atoms with Crippen LogP contribution >= 0.6 is 0 Å². The number of alkyl halides is 3. The zero-order valence-electron chi connectivity index (χ0n) is 12.9. The first-order valence-corrected chi connectivity index (χ1v) is 6.91. The average Bonchev–Trinajstić information content (AvgIpc) is 2.45. The van der Waals surface area contributed by atoms with Crippen molar-refractivity contribution in [3.8, 4) is 17.0 Å². The van der Waals surface area contributed by atoms with Crippen molar-refractivity contribution in [1.82, 2.24) is 4.98 Å². The van der Waals surface area contributed by atoms with Crippen LogP contribution in [-0.4, -0.2) is 16.4 Å². The summed E-state index contributed by atoms with van der Waals surface area (Å²) >= 11 is 0. The molecule has 1 aromatic heterocycles. The van der Waals surface area contributed by atoms with Crippen LogP contribution in [0.15, 0.2) is 30.3 Å². The third-order valence-corrected chi connectivity index (χ3v) is 3.45. The number of aldehydes is 1. The molecule has 1 heterocycles. The number of carbonyl (C=O) groups excluding carboxylic acids is 1. The lowest BCUT2D eigenvalue weighted by molar-refractivity contribution is -0.141. The summed E-state index contributed by atoms with van der Waals surface area (Å²) in [5.41, 5.74) is -0.597. The lowest BCUT2D eigenvalue weighted by atomic mass is 9.84. The number of benzene rings is 1. The van der Waals surface area contributed by atoms with E-state index in [-0.39, 0.29) is 28.0 Å². The molecule has 0 bridgehead atoms. The van der Waals surface area contributed by atoms with E-state index in [0.717, 1.165) is 6.07 Å². The van der Waals surface area contributed by atoms with Crippen molar-refractivity contribution in [2.45, 2.75) is 32.4 Å². The van der Waals surface area contributed by atoms with Crippen LogP contribution < -0.4 is 0 Å². The van der Waals surface area contributed by atoms with Crippen LogP contribution in [0.1, 0.15) is 42.4 Å². The third-order valence-electron chi connectivity index (χ3n) is 3.45. The minimum atomic E-state index is -4.58. The summed E-state index contributed by atoms with van der Waals surface area (Å²) in [5, 5.41) is 10.2. The molecule has 0 saturated heterocycles. The van der Waals surface area contributed by atoms with Gasteiger partial charge in [0.1, 0.15) is 11.4 Å². The summed E-state index contributed by atoms with van der Waals surface area (Å²) in [4.78, 5) is 14.7. The van der Waals surface area contributed by atoms with Crippen LogP contribution in [0.2, 0.25) is 0 Å². The van der Waals surface area contributed by atoms with Gasteiger partial charge in [0, 0.05) is 5.56 Å². The number of phenols is 1. The SMILES string of the molecule is CC(C)(C)c1cc(C=O)c(O)c(-c2cccc(C(F)(F)F)n2)c1. The molecule has 2 rings (SSSR count). The number of halogens is 3. The van der Waals surface area contributed by atoms with Gasteiger partial charge in [-0.2, -0.15) is 13.2 Å². The second kappa shape index (κ2) is 5.68. The maximum Gasteiger partial charge on any atom is 0.433 e. The minimum absolute atomic E-state index is 0.0200. The Morgan fingerprint density at radius 3 is 2.30 bits per heavy atom. The van der Waals surface area contributed by atoms with Crippen LogP contribution in [0.3, 0.4) is 0 Å². The number of aromatic hydroxyl groups is 1. The Kier molecular flexibility index (Phi) is 4.20. The predicted molar refractivity (Wildman–Crippen MR) is 80.4 cm³/mol. The number of rotatable bonds is 2. The fourth-order valence-corrected chi connectivity index (χ4v) is 2.12. The molecule has 2 aromatic rings. The normalized spacial score (nSPS) is 12.3. The lowest BCUT2D eigenvalue weighted by Crippen LogP contribution is -2.12. The molecule has 3 nitrogen and oxygen atoms in total. The Hall–Kier alpha value is -2.37. The van der Waals surface area contributed by atoms with Crippen molar-refractivity contribution < 1.29 is 23.1 Å². The maximum absolute atomic E-state index is 12.8. The number of carbonyl (C=O) groups is 1. The average molecular weight is 323 g/mol. The highest BCUT2D eigenvalue weighted by Crippen LogP contribution is 2.37. The summed E-state index contributed by atoms with van der Waals surface area (Å²) in [7, 11) is 0. The molecular weight excluding hydrogens is 307 g/mol. The highest BCUT2D eigenvalue weighted by molar-refractivity contribution is 5.86. The molecule has 0 radical (unpaired) electrons. The summed E-state index contributed by atoms with van der Waals surface area (Å²) in [5.74, 6) is -0.375. The molecule has 0 amide bonds. The molecule has 1 N–H and O–H groups in total. The van der Waals surface area contributed by atoms with Gasteiger partial charge in [-0.1, -0.05) is 26.8 Å². The summed E-state index contributed by atoms with van der Waals surface area (Å²) in [6.45, 7) is 5.70. The van der Waals surface area contributed by atoms with Gasteiger partial charge in [0.15, 0.2) is 6.29 Å². The standard InChI is InChI=1S/C17H16F3NO2/c1-16(2,3)11-7-10(9-22)15(23)12(8-11)13-5-4-6-14(21-13)17(18,19)20/h4-9,23H,1-3H3. The fourth-order valence-electron chi connectivity index (χ4n) is 2.12. The fraction of sp³-hybridized carbons (Fsp3) is 0.294. The molecule has 0 saturated carbocycles. The van der Waals surface area contributed by atoms with E-state index in [1.165, 1.54) is 18.2 Å². The van der Waals surface area contributed by atoms with E-state index in [1.807, 2.05) is 20.8 Å². The Bertz CT molecular complexity index is 746. The molecular formula is C17H16F3NO2. The molecule has 0 aliphatic heterocycles. The second-order valence-electron chi connectivity index (χ2n) is 6.24. The molecule has 0 unspecified atom stereocenters. The van der Waals surface area contributed by atoms with Gasteiger partial charge in [0.2, 0.25) is 0 Å². The van der Waals surface area contributed by atoms with Crippen LogP contribution in [-0.2, 0) is 11.6 Å². The van der Waals surface area contributed by atoms with E-state index in [9.17, 15) is 23.1 Å². The maximum atomic E-state index is 12.8. The van der Waals surface area contributed by atoms with E-state index in [0.29, 0.717) is 11.8 Å². The van der Waals surface area contributed by atoms with Gasteiger partial charge in [0.05, 0.1) is 11.3 Å². The summed E-state index contributed by atoms with van der Waals surface area (Å²) in [6.07, 6.45) is -4.11. The molecule has 1 aromatic carbocycles. The highest BCUT2D eigenvalue weighted by atomic mass is 19.4. The number of phenolic OH excluding ortho intramolecular Hbond substituents is 1. The first kappa shape index (κ1) is 17.0. The largest absolute Gasteiger partial charge is 0.506 e. The van der Waals surface area contributed by atoms with Gasteiger partial charge in [0.25, 0.3) is 0 Å². The topological polar surface area (TPSA) is 50.2 Å². The van der Waals surface area contributed by atoms with Gasteiger partial charge >= 0.3 is 6.18 Å². The van der Waals surface area contributed by atoms with Gasteiger partial charge in [-0.25, -0.2) is 4.98 Å². The Morgan fingerprint density at radius 2 is 1.78 bits per heavy atom.